The van der Waals surface area contributed by atoms with Crippen LogP contribution in [0, 0.1) is 22.7 Å². The molecule has 0 radical (unpaired) electrons. The van der Waals surface area contributed by atoms with Crippen LogP contribution in [0.4, 0.5) is 0 Å². The lowest BCUT2D eigenvalue weighted by atomic mass is 10.3. The Kier molecular flexibility index (Phi) is 7.83. The van der Waals surface area contributed by atoms with Crippen molar-refractivity contribution < 1.29 is 4.79 Å². The van der Waals surface area contributed by atoms with Gasteiger partial charge in [0, 0.05) is 19.1 Å². The molecule has 0 aromatic carbocycles. The average Bonchev–Trinajstić information content (AvgIpc) is 2.26. The van der Waals surface area contributed by atoms with Crippen LogP contribution in [0.1, 0.15) is 26.7 Å². The minimum Gasteiger partial charge on any atom is -0.340 e. The molecule has 0 atom stereocenters. The quantitative estimate of drug-likeness (QED) is 0.685. The van der Waals surface area contributed by atoms with Gasteiger partial charge in [-0.25, -0.2) is 0 Å². The predicted octanol–water partition coefficient (Wildman–Crippen LogP) is 0.640. The number of amides is 1. The lowest BCUT2D eigenvalue weighted by Gasteiger charge is -2.21. The predicted molar refractivity (Wildman–Crippen MR) is 60.2 cm³/mol. The zero-order valence-electron chi connectivity index (χ0n) is 9.86. The van der Waals surface area contributed by atoms with E-state index in [0.29, 0.717) is 25.9 Å². The van der Waals surface area contributed by atoms with Crippen LogP contribution in [0.3, 0.4) is 0 Å². The van der Waals surface area contributed by atoms with Gasteiger partial charge in [0.1, 0.15) is 0 Å². The van der Waals surface area contributed by atoms with Crippen molar-refractivity contribution in [1.82, 2.24) is 10.2 Å². The molecule has 0 aliphatic carbocycles. The van der Waals surface area contributed by atoms with Crippen LogP contribution in [0.15, 0.2) is 0 Å². The van der Waals surface area contributed by atoms with Crippen molar-refractivity contribution in [3.05, 3.63) is 0 Å². The van der Waals surface area contributed by atoms with E-state index in [1.807, 2.05) is 26.0 Å². The standard InChI is InChI=1S/C11H18N4O/c1-10(2)14-9-11(16)15(7-3-5-12)8-4-6-13/h10,14H,3-4,7-9H2,1-2H3. The van der Waals surface area contributed by atoms with E-state index in [4.69, 9.17) is 10.5 Å². The summed E-state index contributed by atoms with van der Waals surface area (Å²) in [6.07, 6.45) is 0.609. The Bertz CT molecular complexity index is 269. The zero-order valence-corrected chi connectivity index (χ0v) is 9.86. The maximum Gasteiger partial charge on any atom is 0.236 e. The highest BCUT2D eigenvalue weighted by atomic mass is 16.2. The monoisotopic (exact) mass is 222 g/mol. The first-order valence-electron chi connectivity index (χ1n) is 5.36. The van der Waals surface area contributed by atoms with E-state index in [0.717, 1.165) is 0 Å². The van der Waals surface area contributed by atoms with Crippen LogP contribution in [-0.4, -0.2) is 36.5 Å². The topological polar surface area (TPSA) is 79.9 Å². The summed E-state index contributed by atoms with van der Waals surface area (Å²) in [4.78, 5) is 13.3. The van der Waals surface area contributed by atoms with Crippen molar-refractivity contribution in [3.63, 3.8) is 0 Å². The first kappa shape index (κ1) is 14.4. The Morgan fingerprint density at radius 2 is 1.75 bits per heavy atom. The number of hydrogen-bond acceptors (Lipinski definition) is 4. The maximum absolute atomic E-state index is 11.7. The van der Waals surface area contributed by atoms with Crippen LogP contribution >= 0.6 is 0 Å². The maximum atomic E-state index is 11.7. The van der Waals surface area contributed by atoms with Gasteiger partial charge in [-0.15, -0.1) is 0 Å². The number of carbonyl (C=O) groups is 1. The molecule has 0 spiro atoms. The highest BCUT2D eigenvalue weighted by Crippen LogP contribution is 1.95. The summed E-state index contributed by atoms with van der Waals surface area (Å²) in [5.41, 5.74) is 0. The Morgan fingerprint density at radius 3 is 2.12 bits per heavy atom. The molecule has 0 saturated carbocycles. The molecule has 1 N–H and O–H groups in total. The minimum atomic E-state index is -0.0563. The molecular weight excluding hydrogens is 204 g/mol. The molecule has 0 bridgehead atoms. The number of hydrogen-bond donors (Lipinski definition) is 1. The smallest absolute Gasteiger partial charge is 0.236 e. The second-order valence-electron chi connectivity index (χ2n) is 3.73. The summed E-state index contributed by atoms with van der Waals surface area (Å²) in [6, 6.07) is 4.24. The fourth-order valence-electron chi connectivity index (χ4n) is 1.13. The normalized spacial score (nSPS) is 9.56. The molecule has 0 saturated heterocycles. The Hall–Kier alpha value is -1.59. The molecule has 0 rings (SSSR count). The Labute approximate surface area is 96.6 Å². The molecule has 1 amide bonds. The van der Waals surface area contributed by atoms with Gasteiger partial charge < -0.3 is 10.2 Å². The van der Waals surface area contributed by atoms with Crippen LogP contribution in [0.25, 0.3) is 0 Å². The van der Waals surface area contributed by atoms with Crippen LogP contribution in [0.2, 0.25) is 0 Å². The van der Waals surface area contributed by atoms with Gasteiger partial charge in [0.2, 0.25) is 5.91 Å². The first-order valence-corrected chi connectivity index (χ1v) is 5.36. The van der Waals surface area contributed by atoms with Gasteiger partial charge in [-0.05, 0) is 0 Å². The largest absolute Gasteiger partial charge is 0.340 e. The van der Waals surface area contributed by atoms with Crippen molar-refractivity contribution in [3.8, 4) is 12.1 Å². The summed E-state index contributed by atoms with van der Waals surface area (Å²) in [5, 5.41) is 20.0. The lowest BCUT2D eigenvalue weighted by Crippen LogP contribution is -2.41. The van der Waals surface area contributed by atoms with Gasteiger partial charge in [-0.2, -0.15) is 10.5 Å². The summed E-state index contributed by atoms with van der Waals surface area (Å²) in [7, 11) is 0. The van der Waals surface area contributed by atoms with Gasteiger partial charge in [0.25, 0.3) is 0 Å². The van der Waals surface area contributed by atoms with Gasteiger partial charge in [-0.1, -0.05) is 13.8 Å². The average molecular weight is 222 g/mol. The first-order chi connectivity index (χ1) is 7.61. The van der Waals surface area contributed by atoms with E-state index in [9.17, 15) is 4.79 Å². The Morgan fingerprint density at radius 1 is 1.25 bits per heavy atom. The molecule has 5 nitrogen and oxygen atoms in total. The van der Waals surface area contributed by atoms with Crippen molar-refractivity contribution in [1.29, 1.82) is 10.5 Å². The fraction of sp³-hybridized carbons (Fsp3) is 0.727. The van der Waals surface area contributed by atoms with Crippen molar-refractivity contribution in [2.45, 2.75) is 32.7 Å². The summed E-state index contributed by atoms with van der Waals surface area (Å²) in [6.45, 7) is 4.98. The molecule has 0 fully saturated rings. The molecule has 0 unspecified atom stereocenters. The molecule has 0 heterocycles. The summed E-state index contributed by atoms with van der Waals surface area (Å²) < 4.78 is 0. The summed E-state index contributed by atoms with van der Waals surface area (Å²) >= 11 is 0. The third kappa shape index (κ3) is 6.80. The van der Waals surface area contributed by atoms with Crippen LogP contribution in [0.5, 0.6) is 0 Å². The second kappa shape index (κ2) is 8.70. The molecule has 0 aliphatic rings. The molecule has 0 aromatic rings. The van der Waals surface area contributed by atoms with E-state index < -0.39 is 0 Å². The molecule has 5 heteroatoms. The molecule has 88 valence electrons. The number of rotatable bonds is 7. The highest BCUT2D eigenvalue weighted by Gasteiger charge is 2.12. The molecular formula is C11H18N4O. The van der Waals surface area contributed by atoms with Gasteiger partial charge in [0.15, 0.2) is 0 Å². The lowest BCUT2D eigenvalue weighted by molar-refractivity contribution is -0.130. The number of nitriles is 2. The van der Waals surface area contributed by atoms with Gasteiger partial charge in [0.05, 0.1) is 31.5 Å². The molecule has 0 aliphatic heterocycles. The highest BCUT2D eigenvalue weighted by molar-refractivity contribution is 5.78. The zero-order chi connectivity index (χ0) is 12.4. The number of nitrogens with one attached hydrogen (secondary N) is 1. The van der Waals surface area contributed by atoms with E-state index >= 15 is 0 Å². The SMILES string of the molecule is CC(C)NCC(=O)N(CCC#N)CCC#N. The van der Waals surface area contributed by atoms with E-state index in [1.54, 1.807) is 4.90 Å². The Balaban J connectivity index is 4.11. The molecule has 16 heavy (non-hydrogen) atoms. The third-order valence-corrected chi connectivity index (χ3v) is 2.00. The van der Waals surface area contributed by atoms with Gasteiger partial charge >= 0.3 is 0 Å². The van der Waals surface area contributed by atoms with E-state index in [1.165, 1.54) is 0 Å². The minimum absolute atomic E-state index is 0.0563. The van der Waals surface area contributed by atoms with E-state index in [2.05, 4.69) is 5.32 Å². The number of nitrogens with zero attached hydrogens (tertiary/aromatic N) is 3. The van der Waals surface area contributed by atoms with Crippen molar-refractivity contribution in [2.24, 2.45) is 0 Å². The van der Waals surface area contributed by atoms with Gasteiger partial charge in [-0.3, -0.25) is 4.79 Å². The van der Waals surface area contributed by atoms with E-state index in [-0.39, 0.29) is 18.5 Å². The fourth-order valence-corrected chi connectivity index (χ4v) is 1.13. The molecule has 0 aromatic heterocycles. The van der Waals surface area contributed by atoms with Crippen LogP contribution in [-0.2, 0) is 4.79 Å². The second-order valence-corrected chi connectivity index (χ2v) is 3.73. The third-order valence-electron chi connectivity index (χ3n) is 2.00. The van der Waals surface area contributed by atoms with Crippen molar-refractivity contribution in [2.75, 3.05) is 19.6 Å². The summed E-state index contributed by atoms with van der Waals surface area (Å²) in [5.74, 6) is -0.0563. The number of carbonyl (C=O) groups excluding carboxylic acids is 1. The van der Waals surface area contributed by atoms with Crippen LogP contribution < -0.4 is 5.32 Å². The van der Waals surface area contributed by atoms with Crippen molar-refractivity contribution >= 4 is 5.91 Å².